The van der Waals surface area contributed by atoms with Crippen molar-refractivity contribution in [1.29, 1.82) is 0 Å². The maximum atomic E-state index is 5.76. The summed E-state index contributed by atoms with van der Waals surface area (Å²) in [6.07, 6.45) is 5.25. The van der Waals surface area contributed by atoms with E-state index in [9.17, 15) is 0 Å². The molecule has 0 saturated heterocycles. The lowest BCUT2D eigenvalue weighted by atomic mass is 9.57. The van der Waals surface area contributed by atoms with E-state index >= 15 is 0 Å². The summed E-state index contributed by atoms with van der Waals surface area (Å²) in [6, 6.07) is 0. The molecule has 0 aromatic rings. The van der Waals surface area contributed by atoms with Gasteiger partial charge < -0.3 is 0 Å². The average Bonchev–Trinajstić information content (AvgIpc) is 2.65. The molecule has 1 spiro atoms. The van der Waals surface area contributed by atoms with Crippen LogP contribution in [-0.4, -0.2) is 7.85 Å². The van der Waals surface area contributed by atoms with Crippen LogP contribution in [0.15, 0.2) is 0 Å². The van der Waals surface area contributed by atoms with Crippen molar-refractivity contribution in [2.24, 2.45) is 23.2 Å². The van der Waals surface area contributed by atoms with Gasteiger partial charge in [0.1, 0.15) is 0 Å². The first-order chi connectivity index (χ1) is 5.24. The smallest absolute Gasteiger partial charge is 0.0657 e. The van der Waals surface area contributed by atoms with E-state index in [-0.39, 0.29) is 0 Å². The van der Waals surface area contributed by atoms with Crippen LogP contribution in [0.2, 0.25) is 6.32 Å². The maximum absolute atomic E-state index is 5.76. The normalized spacial score (nSPS) is 54.2. The molecule has 11 heavy (non-hydrogen) atoms. The van der Waals surface area contributed by atoms with Crippen molar-refractivity contribution < 1.29 is 0 Å². The van der Waals surface area contributed by atoms with Gasteiger partial charge in [0.15, 0.2) is 0 Å². The van der Waals surface area contributed by atoms with Crippen LogP contribution in [0, 0.1) is 23.2 Å². The summed E-state index contributed by atoms with van der Waals surface area (Å²) in [5.74, 6) is 2.82. The third kappa shape index (κ3) is 0.831. The fraction of sp³-hybridized carbons (Fsp3) is 1.00. The van der Waals surface area contributed by atoms with Gasteiger partial charge in [-0.1, -0.05) is 26.6 Å². The molecule has 0 aromatic heterocycles. The Kier molecular flexibility index (Phi) is 1.59. The van der Waals surface area contributed by atoms with Crippen LogP contribution in [0.5, 0.6) is 0 Å². The molecule has 0 amide bonds. The Bertz CT molecular complexity index is 166. The Morgan fingerprint density at radius 2 is 2.18 bits per heavy atom. The number of hydrogen-bond donors (Lipinski definition) is 0. The van der Waals surface area contributed by atoms with Gasteiger partial charge in [-0.2, -0.15) is 0 Å². The molecule has 2 saturated carbocycles. The predicted molar refractivity (Wildman–Crippen MR) is 48.7 cm³/mol. The Balaban J connectivity index is 1.98. The van der Waals surface area contributed by atoms with Crippen LogP contribution in [0.4, 0.5) is 0 Å². The van der Waals surface area contributed by atoms with E-state index in [0.29, 0.717) is 0 Å². The lowest BCUT2D eigenvalue weighted by Gasteiger charge is -2.45. The van der Waals surface area contributed by atoms with Crippen molar-refractivity contribution in [2.45, 2.75) is 39.4 Å². The highest BCUT2D eigenvalue weighted by molar-refractivity contribution is 6.08. The van der Waals surface area contributed by atoms with Crippen LogP contribution >= 0.6 is 0 Å². The highest BCUT2D eigenvalue weighted by Crippen LogP contribution is 2.72. The van der Waals surface area contributed by atoms with Gasteiger partial charge in [0.2, 0.25) is 0 Å². The predicted octanol–water partition coefficient (Wildman–Crippen LogP) is 2.65. The first-order valence-corrected chi connectivity index (χ1v) is 4.94. The van der Waals surface area contributed by atoms with Gasteiger partial charge >= 0.3 is 0 Å². The monoisotopic (exact) mass is 148 g/mol. The second-order valence-corrected chi connectivity index (χ2v) is 4.57. The topological polar surface area (TPSA) is 0 Å². The van der Waals surface area contributed by atoms with Gasteiger partial charge in [-0.15, -0.1) is 0 Å². The van der Waals surface area contributed by atoms with Crippen LogP contribution < -0.4 is 0 Å². The molecule has 4 atom stereocenters. The van der Waals surface area contributed by atoms with E-state index in [2.05, 4.69) is 13.8 Å². The van der Waals surface area contributed by atoms with Crippen molar-refractivity contribution in [1.82, 2.24) is 0 Å². The molecule has 2 radical (unpaired) electrons. The molecule has 1 heteroatoms. The summed E-state index contributed by atoms with van der Waals surface area (Å²) in [4.78, 5) is 0. The summed E-state index contributed by atoms with van der Waals surface area (Å²) < 4.78 is 0. The summed E-state index contributed by atoms with van der Waals surface area (Å²) in [5, 5.41) is 0. The maximum Gasteiger partial charge on any atom is 0.0657 e. The molecule has 0 N–H and O–H groups in total. The third-order valence-corrected chi connectivity index (χ3v) is 4.15. The molecule has 4 unspecified atom stereocenters. The van der Waals surface area contributed by atoms with E-state index in [1.807, 2.05) is 0 Å². The number of rotatable bonds is 2. The lowest BCUT2D eigenvalue weighted by Crippen LogP contribution is -2.37. The Morgan fingerprint density at radius 1 is 1.45 bits per heavy atom. The third-order valence-electron chi connectivity index (χ3n) is 4.15. The van der Waals surface area contributed by atoms with E-state index in [0.717, 1.165) is 29.5 Å². The second kappa shape index (κ2) is 2.28. The van der Waals surface area contributed by atoms with Crippen molar-refractivity contribution >= 4 is 7.85 Å². The molecule has 0 heterocycles. The van der Waals surface area contributed by atoms with E-state index < -0.39 is 0 Å². The number of hydrogen-bond acceptors (Lipinski definition) is 0. The highest BCUT2D eigenvalue weighted by atomic mass is 14.7. The van der Waals surface area contributed by atoms with Crippen molar-refractivity contribution in [3.05, 3.63) is 0 Å². The molecule has 0 aromatic carbocycles. The molecule has 2 fully saturated rings. The van der Waals surface area contributed by atoms with Gasteiger partial charge in [0.25, 0.3) is 0 Å². The standard InChI is InChI=1S/C10H17B/c1-3-8-5-10(8)4-7(2)9(10)6-11/h7-9H,3-6H2,1-2H3. The van der Waals surface area contributed by atoms with Gasteiger partial charge in [-0.3, -0.25) is 0 Å². The zero-order valence-corrected chi connectivity index (χ0v) is 7.64. The fourth-order valence-corrected chi connectivity index (χ4v) is 3.42. The molecular weight excluding hydrogens is 131 g/mol. The fourth-order valence-electron chi connectivity index (χ4n) is 3.42. The SMILES string of the molecule is [B]CC1C(C)CC12CC2CC. The van der Waals surface area contributed by atoms with Gasteiger partial charge in [-0.25, -0.2) is 0 Å². The van der Waals surface area contributed by atoms with E-state index in [4.69, 9.17) is 7.85 Å². The Labute approximate surface area is 71.2 Å². The largest absolute Gasteiger partial charge is 0.0851 e. The molecule has 0 aliphatic heterocycles. The van der Waals surface area contributed by atoms with Crippen LogP contribution in [0.25, 0.3) is 0 Å². The second-order valence-electron chi connectivity index (χ2n) is 4.57. The van der Waals surface area contributed by atoms with Crippen molar-refractivity contribution in [2.75, 3.05) is 0 Å². The van der Waals surface area contributed by atoms with Gasteiger partial charge in [0, 0.05) is 0 Å². The van der Waals surface area contributed by atoms with Gasteiger partial charge in [-0.05, 0) is 36.0 Å². The van der Waals surface area contributed by atoms with E-state index in [1.165, 1.54) is 19.3 Å². The summed E-state index contributed by atoms with van der Waals surface area (Å²) >= 11 is 0. The molecular formula is C10H17B. The molecule has 2 aliphatic rings. The molecule has 0 nitrogen and oxygen atoms in total. The van der Waals surface area contributed by atoms with Crippen LogP contribution in [0.3, 0.4) is 0 Å². The lowest BCUT2D eigenvalue weighted by molar-refractivity contribution is 0.0622. The zero-order valence-electron chi connectivity index (χ0n) is 7.64. The minimum absolute atomic E-state index is 0.753. The first kappa shape index (κ1) is 7.70. The average molecular weight is 148 g/mol. The van der Waals surface area contributed by atoms with Crippen molar-refractivity contribution in [3.63, 3.8) is 0 Å². The van der Waals surface area contributed by atoms with Crippen molar-refractivity contribution in [3.8, 4) is 0 Å². The minimum atomic E-state index is 0.753. The quantitative estimate of drug-likeness (QED) is 0.528. The molecule has 2 aliphatic carbocycles. The van der Waals surface area contributed by atoms with Gasteiger partial charge in [0.05, 0.1) is 7.85 Å². The summed E-state index contributed by atoms with van der Waals surface area (Å²) in [7, 11) is 5.76. The van der Waals surface area contributed by atoms with Crippen LogP contribution in [0.1, 0.15) is 33.1 Å². The van der Waals surface area contributed by atoms with Crippen LogP contribution in [-0.2, 0) is 0 Å². The molecule has 60 valence electrons. The Hall–Kier alpha value is 0.0649. The van der Waals surface area contributed by atoms with E-state index in [1.54, 1.807) is 0 Å². The summed E-state index contributed by atoms with van der Waals surface area (Å²) in [6.45, 7) is 4.67. The molecule has 2 rings (SSSR count). The zero-order chi connectivity index (χ0) is 8.06. The summed E-state index contributed by atoms with van der Waals surface area (Å²) in [5.41, 5.74) is 0.753. The Morgan fingerprint density at radius 3 is 2.55 bits per heavy atom. The minimum Gasteiger partial charge on any atom is -0.0851 e. The molecule has 0 bridgehead atoms. The highest BCUT2D eigenvalue weighted by Gasteiger charge is 2.64. The first-order valence-electron chi connectivity index (χ1n) is 4.94.